The van der Waals surface area contributed by atoms with E-state index < -0.39 is 12.2 Å². The first-order chi connectivity index (χ1) is 8.14. The highest BCUT2D eigenvalue weighted by Gasteiger charge is 2.38. The predicted octanol–water partition coefficient (Wildman–Crippen LogP) is 3.68. The molecule has 0 heterocycles. The standard InChI is InChI=1S/C14H20F3N/c1-13(2,3)11-7-5-10(6-8-11)9-12(18-4)14(15,16)17/h5-8,12,18H,9H2,1-4H3. The highest BCUT2D eigenvalue weighted by Crippen LogP contribution is 2.25. The van der Waals surface area contributed by atoms with Crippen LogP contribution in [0.1, 0.15) is 31.9 Å². The number of benzene rings is 1. The number of halogens is 3. The molecule has 1 N–H and O–H groups in total. The molecule has 0 saturated carbocycles. The zero-order chi connectivity index (χ0) is 14.0. The minimum absolute atomic E-state index is 0.0188. The molecule has 102 valence electrons. The first-order valence-corrected chi connectivity index (χ1v) is 5.98. The number of rotatable bonds is 3. The molecule has 0 amide bonds. The SMILES string of the molecule is CNC(Cc1ccc(C(C)(C)C)cc1)C(F)(F)F. The van der Waals surface area contributed by atoms with Crippen LogP contribution in [0.2, 0.25) is 0 Å². The number of hydrogen-bond donors (Lipinski definition) is 1. The van der Waals surface area contributed by atoms with Crippen molar-refractivity contribution in [2.24, 2.45) is 0 Å². The molecule has 1 aromatic rings. The third-order valence-electron chi connectivity index (χ3n) is 3.00. The second kappa shape index (κ2) is 5.31. The summed E-state index contributed by atoms with van der Waals surface area (Å²) >= 11 is 0. The minimum atomic E-state index is -4.21. The average Bonchev–Trinajstić information content (AvgIpc) is 2.23. The van der Waals surface area contributed by atoms with Gasteiger partial charge in [0.25, 0.3) is 0 Å². The molecule has 1 nitrogen and oxygen atoms in total. The molecule has 0 aliphatic heterocycles. The zero-order valence-corrected chi connectivity index (χ0v) is 11.2. The topological polar surface area (TPSA) is 12.0 Å². The first kappa shape index (κ1) is 15.0. The predicted molar refractivity (Wildman–Crippen MR) is 67.7 cm³/mol. The maximum absolute atomic E-state index is 12.6. The Kier molecular flexibility index (Phi) is 4.43. The van der Waals surface area contributed by atoms with Crippen molar-refractivity contribution < 1.29 is 13.2 Å². The van der Waals surface area contributed by atoms with Gasteiger partial charge in [-0.05, 0) is 30.0 Å². The van der Waals surface area contributed by atoms with E-state index in [0.29, 0.717) is 5.56 Å². The van der Waals surface area contributed by atoms with E-state index in [2.05, 4.69) is 26.1 Å². The summed E-state index contributed by atoms with van der Waals surface area (Å²) in [5, 5.41) is 2.31. The van der Waals surface area contributed by atoms with Gasteiger partial charge in [-0.3, -0.25) is 0 Å². The van der Waals surface area contributed by atoms with Crippen LogP contribution in [0.25, 0.3) is 0 Å². The van der Waals surface area contributed by atoms with Crippen LogP contribution in [0.3, 0.4) is 0 Å². The molecular weight excluding hydrogens is 239 g/mol. The highest BCUT2D eigenvalue weighted by atomic mass is 19.4. The van der Waals surface area contributed by atoms with Gasteiger partial charge in [0.15, 0.2) is 0 Å². The van der Waals surface area contributed by atoms with Gasteiger partial charge < -0.3 is 5.32 Å². The lowest BCUT2D eigenvalue weighted by Crippen LogP contribution is -2.41. The summed E-state index contributed by atoms with van der Waals surface area (Å²) in [6.07, 6.45) is -4.25. The molecule has 18 heavy (non-hydrogen) atoms. The van der Waals surface area contributed by atoms with Crippen LogP contribution in [0.15, 0.2) is 24.3 Å². The molecule has 4 heteroatoms. The van der Waals surface area contributed by atoms with Gasteiger partial charge in [-0.15, -0.1) is 0 Å². The van der Waals surface area contributed by atoms with Crippen molar-refractivity contribution in [2.45, 2.75) is 44.8 Å². The molecule has 1 aromatic carbocycles. The summed E-state index contributed by atoms with van der Waals surface area (Å²) in [7, 11) is 1.34. The maximum atomic E-state index is 12.6. The summed E-state index contributed by atoms with van der Waals surface area (Å²) in [5.74, 6) is 0. The van der Waals surface area contributed by atoms with Crippen molar-refractivity contribution in [1.82, 2.24) is 5.32 Å². The Labute approximate surface area is 106 Å². The Morgan fingerprint density at radius 1 is 1.06 bits per heavy atom. The summed E-state index contributed by atoms with van der Waals surface area (Å²) in [4.78, 5) is 0. The van der Waals surface area contributed by atoms with Crippen LogP contribution in [0.4, 0.5) is 13.2 Å². The number of hydrogen-bond acceptors (Lipinski definition) is 1. The molecular formula is C14H20F3N. The van der Waals surface area contributed by atoms with Crippen molar-refractivity contribution in [3.8, 4) is 0 Å². The van der Waals surface area contributed by atoms with E-state index in [9.17, 15) is 13.2 Å². The van der Waals surface area contributed by atoms with Crippen LogP contribution >= 0.6 is 0 Å². The van der Waals surface area contributed by atoms with Crippen LogP contribution in [0.5, 0.6) is 0 Å². The molecule has 0 spiro atoms. The fourth-order valence-corrected chi connectivity index (χ4v) is 1.76. The fraction of sp³-hybridized carbons (Fsp3) is 0.571. The molecule has 0 aliphatic carbocycles. The van der Waals surface area contributed by atoms with Crippen molar-refractivity contribution in [1.29, 1.82) is 0 Å². The quantitative estimate of drug-likeness (QED) is 0.873. The summed E-state index contributed by atoms with van der Waals surface area (Å²) in [6.45, 7) is 6.23. The summed E-state index contributed by atoms with van der Waals surface area (Å²) < 4.78 is 37.8. The molecule has 0 saturated heterocycles. The molecule has 1 atom stereocenters. The van der Waals surface area contributed by atoms with Crippen LogP contribution in [0, 0.1) is 0 Å². The van der Waals surface area contributed by atoms with Crippen LogP contribution in [-0.4, -0.2) is 19.3 Å². The lowest BCUT2D eigenvalue weighted by atomic mass is 9.86. The van der Waals surface area contributed by atoms with E-state index in [0.717, 1.165) is 5.56 Å². The maximum Gasteiger partial charge on any atom is 0.404 e. The van der Waals surface area contributed by atoms with Crippen molar-refractivity contribution in [3.63, 3.8) is 0 Å². The Morgan fingerprint density at radius 2 is 1.56 bits per heavy atom. The smallest absolute Gasteiger partial charge is 0.309 e. The van der Waals surface area contributed by atoms with Gasteiger partial charge in [-0.1, -0.05) is 45.0 Å². The van der Waals surface area contributed by atoms with Crippen molar-refractivity contribution in [3.05, 3.63) is 35.4 Å². The summed E-state index contributed by atoms with van der Waals surface area (Å²) in [5.41, 5.74) is 1.84. The van der Waals surface area contributed by atoms with E-state index >= 15 is 0 Å². The van der Waals surface area contributed by atoms with Crippen molar-refractivity contribution >= 4 is 0 Å². The van der Waals surface area contributed by atoms with E-state index in [1.165, 1.54) is 7.05 Å². The van der Waals surface area contributed by atoms with Gasteiger partial charge in [0.1, 0.15) is 6.04 Å². The molecule has 0 radical (unpaired) electrons. The second-order valence-corrected chi connectivity index (χ2v) is 5.53. The van der Waals surface area contributed by atoms with E-state index in [-0.39, 0.29) is 11.8 Å². The Hall–Kier alpha value is -1.03. The van der Waals surface area contributed by atoms with Crippen LogP contribution in [-0.2, 0) is 11.8 Å². The summed E-state index contributed by atoms with van der Waals surface area (Å²) in [6, 6.07) is 5.86. The Balaban J connectivity index is 2.81. The lowest BCUT2D eigenvalue weighted by Gasteiger charge is -2.21. The number of alkyl halides is 3. The second-order valence-electron chi connectivity index (χ2n) is 5.53. The largest absolute Gasteiger partial charge is 0.404 e. The van der Waals surface area contributed by atoms with E-state index in [1.807, 2.05) is 12.1 Å². The van der Waals surface area contributed by atoms with E-state index in [1.54, 1.807) is 12.1 Å². The molecule has 0 bridgehead atoms. The first-order valence-electron chi connectivity index (χ1n) is 5.98. The molecule has 1 unspecified atom stereocenters. The normalized spacial score (nSPS) is 14.6. The molecule has 0 fully saturated rings. The highest BCUT2D eigenvalue weighted by molar-refractivity contribution is 5.28. The molecule has 0 aliphatic rings. The third kappa shape index (κ3) is 4.02. The molecule has 0 aromatic heterocycles. The van der Waals surface area contributed by atoms with Gasteiger partial charge in [-0.25, -0.2) is 0 Å². The third-order valence-corrected chi connectivity index (χ3v) is 3.00. The van der Waals surface area contributed by atoms with Gasteiger partial charge in [0.05, 0.1) is 0 Å². The lowest BCUT2D eigenvalue weighted by molar-refractivity contribution is -0.154. The van der Waals surface area contributed by atoms with Crippen molar-refractivity contribution in [2.75, 3.05) is 7.05 Å². The van der Waals surface area contributed by atoms with Crippen LogP contribution < -0.4 is 5.32 Å². The molecule has 1 rings (SSSR count). The monoisotopic (exact) mass is 259 g/mol. The van der Waals surface area contributed by atoms with Gasteiger partial charge in [0, 0.05) is 0 Å². The van der Waals surface area contributed by atoms with Gasteiger partial charge in [-0.2, -0.15) is 13.2 Å². The number of likely N-dealkylation sites (N-methyl/N-ethyl adjacent to an activating group) is 1. The Bertz CT molecular complexity index is 374. The fourth-order valence-electron chi connectivity index (χ4n) is 1.76. The number of nitrogens with one attached hydrogen (secondary N) is 1. The Morgan fingerprint density at radius 3 is 1.89 bits per heavy atom. The zero-order valence-electron chi connectivity index (χ0n) is 11.2. The van der Waals surface area contributed by atoms with E-state index in [4.69, 9.17) is 0 Å². The minimum Gasteiger partial charge on any atom is -0.309 e. The van der Waals surface area contributed by atoms with Gasteiger partial charge >= 0.3 is 6.18 Å². The van der Waals surface area contributed by atoms with Gasteiger partial charge in [0.2, 0.25) is 0 Å². The average molecular weight is 259 g/mol.